The molecule has 1 aromatic heterocycles. The Hall–Kier alpha value is -3.62. The van der Waals surface area contributed by atoms with E-state index >= 15 is 0 Å². The number of benzene rings is 1. The molecule has 0 saturated heterocycles. The topological polar surface area (TPSA) is 131 Å². The predicted molar refractivity (Wildman–Crippen MR) is 83.4 cm³/mol. The first-order chi connectivity index (χ1) is 11.4. The van der Waals surface area contributed by atoms with Crippen LogP contribution in [0.1, 0.15) is 27.6 Å². The fourth-order valence-electron chi connectivity index (χ4n) is 1.88. The lowest BCUT2D eigenvalue weighted by Crippen LogP contribution is -2.31. The summed E-state index contributed by atoms with van der Waals surface area (Å²) in [5.41, 5.74) is 0.252. The number of nitrogens with zero attached hydrogens (tertiary/aromatic N) is 2. The van der Waals surface area contributed by atoms with Gasteiger partial charge in [-0.05, 0) is 28.1 Å². The van der Waals surface area contributed by atoms with E-state index in [4.69, 9.17) is 0 Å². The zero-order valence-corrected chi connectivity index (χ0v) is 12.5. The molecule has 0 fully saturated rings. The second-order valence-electron chi connectivity index (χ2n) is 4.67. The van der Waals surface area contributed by atoms with E-state index < -0.39 is 22.6 Å². The first-order valence-electron chi connectivity index (χ1n) is 6.71. The van der Waals surface area contributed by atoms with E-state index in [1.165, 1.54) is 25.1 Å². The highest BCUT2D eigenvalue weighted by Gasteiger charge is 2.18. The smallest absolute Gasteiger partial charge is 0.358 e. The molecule has 0 spiro atoms. The first kappa shape index (κ1) is 16.7. The van der Waals surface area contributed by atoms with Crippen LogP contribution in [0.4, 0.5) is 11.5 Å². The molecule has 0 radical (unpaired) electrons. The molecule has 0 bridgehead atoms. The fraction of sp³-hybridized carbons (Fsp3) is 0.0667. The zero-order chi connectivity index (χ0) is 17.7. The van der Waals surface area contributed by atoms with Gasteiger partial charge in [-0.25, -0.2) is 0 Å². The number of anilines is 1. The molecule has 122 valence electrons. The molecule has 0 saturated carbocycles. The summed E-state index contributed by atoms with van der Waals surface area (Å²) in [5.74, 6) is -2.44. The molecule has 2 rings (SSSR count). The number of aromatic nitrogens is 1. The number of nitro groups is 1. The summed E-state index contributed by atoms with van der Waals surface area (Å²) in [6.07, 6.45) is 1.10. The van der Waals surface area contributed by atoms with Crippen molar-refractivity contribution in [3.05, 3.63) is 63.8 Å². The van der Waals surface area contributed by atoms with Gasteiger partial charge in [-0.3, -0.25) is 19.7 Å². The number of hydrogen-bond acceptors (Lipinski definition) is 6. The van der Waals surface area contributed by atoms with E-state index in [9.17, 15) is 24.5 Å². The van der Waals surface area contributed by atoms with Crippen LogP contribution in [0.25, 0.3) is 0 Å². The van der Waals surface area contributed by atoms with Crippen molar-refractivity contribution in [2.24, 2.45) is 0 Å². The van der Waals surface area contributed by atoms with Crippen LogP contribution < -0.4 is 10.6 Å². The molecule has 0 unspecified atom stereocenters. The van der Waals surface area contributed by atoms with Crippen molar-refractivity contribution >= 4 is 29.2 Å². The minimum atomic E-state index is -0.817. The van der Waals surface area contributed by atoms with Crippen molar-refractivity contribution in [2.75, 3.05) is 5.32 Å². The van der Waals surface area contributed by atoms with Gasteiger partial charge in [0.25, 0.3) is 11.8 Å². The van der Waals surface area contributed by atoms with Crippen molar-refractivity contribution in [3.8, 4) is 0 Å². The summed E-state index contributed by atoms with van der Waals surface area (Å²) < 4.78 is 0. The van der Waals surface area contributed by atoms with E-state index in [0.717, 1.165) is 12.3 Å². The number of imide groups is 1. The summed E-state index contributed by atoms with van der Waals surface area (Å²) in [6, 6.07) is 8.34. The van der Waals surface area contributed by atoms with Gasteiger partial charge in [-0.2, -0.15) is 0 Å². The third kappa shape index (κ3) is 3.97. The summed E-state index contributed by atoms with van der Waals surface area (Å²) in [6.45, 7) is 1.29. The Morgan fingerprint density at radius 3 is 2.50 bits per heavy atom. The van der Waals surface area contributed by atoms with Gasteiger partial charge in [0.2, 0.25) is 5.91 Å². The van der Waals surface area contributed by atoms with Crippen LogP contribution in [0, 0.1) is 10.1 Å². The largest absolute Gasteiger partial charge is 0.364 e. The molecule has 2 N–H and O–H groups in total. The highest BCUT2D eigenvalue weighted by atomic mass is 16.6. The van der Waals surface area contributed by atoms with Gasteiger partial charge in [0.15, 0.2) is 0 Å². The average Bonchev–Trinajstić information content (AvgIpc) is 2.54. The lowest BCUT2D eigenvalue weighted by atomic mass is 10.1. The van der Waals surface area contributed by atoms with Crippen LogP contribution in [0.3, 0.4) is 0 Å². The number of pyridine rings is 1. The van der Waals surface area contributed by atoms with Gasteiger partial charge >= 0.3 is 5.82 Å². The minimum Gasteiger partial charge on any atom is -0.358 e. The lowest BCUT2D eigenvalue weighted by molar-refractivity contribution is -0.389. The van der Waals surface area contributed by atoms with Crippen molar-refractivity contribution < 1.29 is 19.3 Å². The molecule has 3 amide bonds. The molecule has 0 aliphatic carbocycles. The minimum absolute atomic E-state index is 0.0814. The second kappa shape index (κ2) is 7.09. The predicted octanol–water partition coefficient (Wildman–Crippen LogP) is 1.52. The molecule has 0 atom stereocenters. The molecule has 0 aliphatic rings. The van der Waals surface area contributed by atoms with Crippen LogP contribution >= 0.6 is 0 Å². The molecular formula is C15H12N4O5. The number of carbonyl (C=O) groups excluding carboxylic acids is 3. The number of rotatable bonds is 4. The normalized spacial score (nSPS) is 9.88. The molecule has 1 heterocycles. The highest BCUT2D eigenvalue weighted by molar-refractivity contribution is 6.13. The van der Waals surface area contributed by atoms with Gasteiger partial charge in [0, 0.05) is 13.0 Å². The Labute approximate surface area is 135 Å². The van der Waals surface area contributed by atoms with Gasteiger partial charge < -0.3 is 15.4 Å². The van der Waals surface area contributed by atoms with Gasteiger partial charge in [-0.15, -0.1) is 0 Å². The van der Waals surface area contributed by atoms with Gasteiger partial charge in [-0.1, -0.05) is 12.1 Å². The standard InChI is InChI=1S/C15H12N4O5/c1-9(20)17-12-5-3-2-4-11(12)15(22)18-14(21)10-6-7-16-13(8-10)19(23)24/h2-8H,1H3,(H,17,20)(H,18,21,22). The SMILES string of the molecule is CC(=O)Nc1ccccc1C(=O)NC(=O)c1ccnc([N+](=O)[O-])c1. The zero-order valence-electron chi connectivity index (χ0n) is 12.5. The summed E-state index contributed by atoms with van der Waals surface area (Å²) >= 11 is 0. The first-order valence-corrected chi connectivity index (χ1v) is 6.71. The third-order valence-electron chi connectivity index (χ3n) is 2.90. The number of carbonyl (C=O) groups is 3. The molecule has 24 heavy (non-hydrogen) atoms. The van der Waals surface area contributed by atoms with Crippen LogP contribution in [0.5, 0.6) is 0 Å². The Balaban J connectivity index is 2.21. The van der Waals surface area contributed by atoms with Crippen molar-refractivity contribution in [1.29, 1.82) is 0 Å². The van der Waals surface area contributed by atoms with Crippen LogP contribution in [0.2, 0.25) is 0 Å². The number of hydrogen-bond donors (Lipinski definition) is 2. The van der Waals surface area contributed by atoms with Crippen LogP contribution in [-0.4, -0.2) is 27.6 Å². The average molecular weight is 328 g/mol. The summed E-state index contributed by atoms with van der Waals surface area (Å²) in [7, 11) is 0. The summed E-state index contributed by atoms with van der Waals surface area (Å²) in [4.78, 5) is 48.9. The number of nitrogens with one attached hydrogen (secondary N) is 2. The van der Waals surface area contributed by atoms with Crippen molar-refractivity contribution in [1.82, 2.24) is 10.3 Å². The fourth-order valence-corrected chi connectivity index (χ4v) is 1.88. The Kier molecular flexibility index (Phi) is 4.95. The van der Waals surface area contributed by atoms with E-state index in [2.05, 4.69) is 15.6 Å². The van der Waals surface area contributed by atoms with Gasteiger partial charge in [0.1, 0.15) is 6.20 Å². The quantitative estimate of drug-likeness (QED) is 0.497. The van der Waals surface area contributed by atoms with E-state index in [0.29, 0.717) is 0 Å². The number of para-hydroxylation sites is 1. The molecule has 9 heteroatoms. The van der Waals surface area contributed by atoms with Crippen molar-refractivity contribution in [3.63, 3.8) is 0 Å². The Bertz CT molecular complexity index is 834. The molecule has 2 aromatic rings. The maximum Gasteiger partial charge on any atom is 0.364 e. The van der Waals surface area contributed by atoms with Crippen LogP contribution in [-0.2, 0) is 4.79 Å². The van der Waals surface area contributed by atoms with Crippen LogP contribution in [0.15, 0.2) is 42.6 Å². The Morgan fingerprint density at radius 1 is 1.12 bits per heavy atom. The van der Waals surface area contributed by atoms with Gasteiger partial charge in [0.05, 0.1) is 16.8 Å². The highest BCUT2D eigenvalue weighted by Crippen LogP contribution is 2.15. The second-order valence-corrected chi connectivity index (χ2v) is 4.67. The van der Waals surface area contributed by atoms with E-state index in [-0.39, 0.29) is 22.7 Å². The van der Waals surface area contributed by atoms with E-state index in [1.54, 1.807) is 12.1 Å². The Morgan fingerprint density at radius 2 is 1.83 bits per heavy atom. The monoisotopic (exact) mass is 328 g/mol. The molecule has 1 aromatic carbocycles. The van der Waals surface area contributed by atoms with E-state index in [1.807, 2.05) is 0 Å². The lowest BCUT2D eigenvalue weighted by Gasteiger charge is -2.09. The molecular weight excluding hydrogens is 316 g/mol. The maximum absolute atomic E-state index is 12.2. The molecule has 9 nitrogen and oxygen atoms in total. The number of amides is 3. The maximum atomic E-state index is 12.2. The molecule has 0 aliphatic heterocycles. The third-order valence-corrected chi connectivity index (χ3v) is 2.90. The summed E-state index contributed by atoms with van der Waals surface area (Å²) in [5, 5.41) is 15.3. The van der Waals surface area contributed by atoms with Crippen molar-refractivity contribution in [2.45, 2.75) is 6.92 Å².